The molecular weight excluding hydrogens is 270 g/mol. The molecule has 3 rings (SSSR count). The van der Waals surface area contributed by atoms with Gasteiger partial charge in [0.15, 0.2) is 5.16 Å². The fraction of sp³-hybridized carbons (Fsp3) is 0.357. The zero-order valence-corrected chi connectivity index (χ0v) is 12.0. The largest absolute Gasteiger partial charge is 0.368 e. The van der Waals surface area contributed by atoms with E-state index < -0.39 is 0 Å². The number of hydrogen-bond donors (Lipinski definition) is 1. The van der Waals surface area contributed by atoms with Crippen LogP contribution in [0.1, 0.15) is 18.4 Å². The van der Waals surface area contributed by atoms with Gasteiger partial charge in [-0.25, -0.2) is 0 Å². The lowest BCUT2D eigenvalue weighted by atomic mass is 10.2. The molecule has 2 heterocycles. The second kappa shape index (κ2) is 6.09. The number of thioether (sulfide) groups is 1. The minimum atomic E-state index is 0.303. The lowest BCUT2D eigenvalue weighted by Crippen LogP contribution is -2.21. The van der Waals surface area contributed by atoms with Crippen molar-refractivity contribution in [1.29, 1.82) is 0 Å². The van der Waals surface area contributed by atoms with Crippen molar-refractivity contribution in [3.8, 4) is 0 Å². The maximum atomic E-state index is 5.79. The van der Waals surface area contributed by atoms with E-state index in [-0.39, 0.29) is 0 Å². The van der Waals surface area contributed by atoms with Gasteiger partial charge in [0.25, 0.3) is 0 Å². The molecule has 0 atom stereocenters. The van der Waals surface area contributed by atoms with Gasteiger partial charge in [-0.2, -0.15) is 15.0 Å². The molecule has 0 bridgehead atoms. The van der Waals surface area contributed by atoms with Crippen molar-refractivity contribution >= 4 is 23.7 Å². The van der Waals surface area contributed by atoms with Crippen LogP contribution >= 0.6 is 11.8 Å². The molecule has 20 heavy (non-hydrogen) atoms. The quantitative estimate of drug-likeness (QED) is 0.871. The molecular formula is C14H17N5S. The fourth-order valence-corrected chi connectivity index (χ4v) is 3.00. The van der Waals surface area contributed by atoms with Crippen LogP contribution in [0.2, 0.25) is 0 Å². The van der Waals surface area contributed by atoms with Gasteiger partial charge in [-0.1, -0.05) is 42.1 Å². The zero-order chi connectivity index (χ0) is 13.8. The lowest BCUT2D eigenvalue weighted by Gasteiger charge is -2.15. The Morgan fingerprint density at radius 2 is 1.80 bits per heavy atom. The van der Waals surface area contributed by atoms with Crippen molar-refractivity contribution in [3.05, 3.63) is 35.9 Å². The van der Waals surface area contributed by atoms with Crippen LogP contribution < -0.4 is 10.6 Å². The highest BCUT2D eigenvalue weighted by Crippen LogP contribution is 2.23. The van der Waals surface area contributed by atoms with Gasteiger partial charge >= 0.3 is 0 Å². The Labute approximate surface area is 122 Å². The van der Waals surface area contributed by atoms with E-state index in [1.165, 1.54) is 18.4 Å². The first-order valence-corrected chi connectivity index (χ1v) is 7.73. The number of rotatable bonds is 4. The number of nitrogens with zero attached hydrogens (tertiary/aromatic N) is 4. The molecule has 1 aliphatic heterocycles. The molecule has 1 aromatic heterocycles. The first kappa shape index (κ1) is 13.2. The summed E-state index contributed by atoms with van der Waals surface area (Å²) < 4.78 is 0. The summed E-state index contributed by atoms with van der Waals surface area (Å²) in [5.74, 6) is 1.85. The fourth-order valence-electron chi connectivity index (χ4n) is 2.21. The third-order valence-electron chi connectivity index (χ3n) is 3.22. The molecule has 0 amide bonds. The zero-order valence-electron chi connectivity index (χ0n) is 11.2. The van der Waals surface area contributed by atoms with Crippen molar-refractivity contribution in [3.63, 3.8) is 0 Å². The number of anilines is 2. The molecule has 1 aromatic carbocycles. The highest BCUT2D eigenvalue weighted by molar-refractivity contribution is 7.98. The minimum Gasteiger partial charge on any atom is -0.368 e. The molecule has 0 unspecified atom stereocenters. The second-order valence-corrected chi connectivity index (χ2v) is 5.69. The topological polar surface area (TPSA) is 67.9 Å². The Bertz CT molecular complexity index is 569. The second-order valence-electron chi connectivity index (χ2n) is 4.74. The van der Waals surface area contributed by atoms with Crippen LogP contribution in [-0.4, -0.2) is 28.0 Å². The van der Waals surface area contributed by atoms with Crippen molar-refractivity contribution in [2.24, 2.45) is 0 Å². The summed E-state index contributed by atoms with van der Waals surface area (Å²) in [6.45, 7) is 2.01. The van der Waals surface area contributed by atoms with Crippen LogP contribution in [0, 0.1) is 0 Å². The summed E-state index contributed by atoms with van der Waals surface area (Å²) in [5.41, 5.74) is 7.04. The van der Waals surface area contributed by atoms with Crippen molar-refractivity contribution in [2.75, 3.05) is 23.7 Å². The summed E-state index contributed by atoms with van der Waals surface area (Å²) in [7, 11) is 0. The minimum absolute atomic E-state index is 0.303. The molecule has 104 valence electrons. The Kier molecular flexibility index (Phi) is 4.01. The van der Waals surface area contributed by atoms with Crippen LogP contribution in [0.25, 0.3) is 0 Å². The first-order chi connectivity index (χ1) is 9.81. The summed E-state index contributed by atoms with van der Waals surface area (Å²) in [6, 6.07) is 10.3. The van der Waals surface area contributed by atoms with Gasteiger partial charge in [0.05, 0.1) is 0 Å². The maximum Gasteiger partial charge on any atom is 0.231 e. The van der Waals surface area contributed by atoms with Gasteiger partial charge < -0.3 is 10.6 Å². The lowest BCUT2D eigenvalue weighted by molar-refractivity contribution is 0.833. The van der Waals surface area contributed by atoms with Crippen molar-refractivity contribution in [2.45, 2.75) is 23.8 Å². The van der Waals surface area contributed by atoms with E-state index in [0.717, 1.165) is 18.8 Å². The molecule has 1 fully saturated rings. The van der Waals surface area contributed by atoms with Gasteiger partial charge in [0.1, 0.15) is 0 Å². The van der Waals surface area contributed by atoms with Crippen molar-refractivity contribution < 1.29 is 0 Å². The molecule has 5 nitrogen and oxygen atoms in total. The van der Waals surface area contributed by atoms with E-state index in [0.29, 0.717) is 17.1 Å². The first-order valence-electron chi connectivity index (χ1n) is 6.74. The van der Waals surface area contributed by atoms with E-state index in [1.807, 2.05) is 18.2 Å². The Morgan fingerprint density at radius 1 is 1.05 bits per heavy atom. The average molecular weight is 287 g/mol. The Hall–Kier alpha value is -1.82. The predicted molar refractivity (Wildman–Crippen MR) is 81.7 cm³/mol. The summed E-state index contributed by atoms with van der Waals surface area (Å²) in [5, 5.41) is 0.697. The molecule has 2 aromatic rings. The number of hydrogen-bond acceptors (Lipinski definition) is 6. The van der Waals surface area contributed by atoms with Gasteiger partial charge in [-0.3, -0.25) is 0 Å². The summed E-state index contributed by atoms with van der Waals surface area (Å²) in [4.78, 5) is 15.1. The highest BCUT2D eigenvalue weighted by atomic mass is 32.2. The van der Waals surface area contributed by atoms with Gasteiger partial charge in [0, 0.05) is 18.8 Å². The molecule has 1 aliphatic rings. The van der Waals surface area contributed by atoms with E-state index in [2.05, 4.69) is 32.0 Å². The smallest absolute Gasteiger partial charge is 0.231 e. The van der Waals surface area contributed by atoms with Crippen molar-refractivity contribution in [1.82, 2.24) is 15.0 Å². The highest BCUT2D eigenvalue weighted by Gasteiger charge is 2.16. The van der Waals surface area contributed by atoms with E-state index in [9.17, 15) is 0 Å². The SMILES string of the molecule is Nc1nc(SCc2ccccc2)nc(N2CCCC2)n1. The number of benzene rings is 1. The molecule has 1 saturated heterocycles. The third kappa shape index (κ3) is 3.19. The Morgan fingerprint density at radius 3 is 2.55 bits per heavy atom. The van der Waals surface area contributed by atoms with E-state index >= 15 is 0 Å². The van der Waals surface area contributed by atoms with Crippen LogP contribution in [-0.2, 0) is 5.75 Å². The standard InChI is InChI=1S/C14H17N5S/c15-12-16-13(19-8-4-5-9-19)18-14(17-12)20-10-11-6-2-1-3-7-11/h1-3,6-7H,4-5,8-10H2,(H2,15,16,17,18). The summed E-state index contributed by atoms with van der Waals surface area (Å²) >= 11 is 1.59. The number of nitrogen functional groups attached to an aromatic ring is 1. The molecule has 6 heteroatoms. The average Bonchev–Trinajstić information content (AvgIpc) is 3.00. The molecule has 0 aliphatic carbocycles. The van der Waals surface area contributed by atoms with Crippen LogP contribution in [0.4, 0.5) is 11.9 Å². The summed E-state index contributed by atoms with van der Waals surface area (Å²) in [6.07, 6.45) is 2.39. The van der Waals surface area contributed by atoms with E-state index in [4.69, 9.17) is 5.73 Å². The van der Waals surface area contributed by atoms with Crippen LogP contribution in [0.15, 0.2) is 35.5 Å². The van der Waals surface area contributed by atoms with Crippen LogP contribution in [0.3, 0.4) is 0 Å². The molecule has 0 saturated carbocycles. The predicted octanol–water partition coefficient (Wildman–Crippen LogP) is 2.35. The molecule has 0 radical (unpaired) electrons. The van der Waals surface area contributed by atoms with Gasteiger partial charge in [-0.05, 0) is 18.4 Å². The number of aromatic nitrogens is 3. The van der Waals surface area contributed by atoms with Gasteiger partial charge in [0.2, 0.25) is 11.9 Å². The monoisotopic (exact) mass is 287 g/mol. The van der Waals surface area contributed by atoms with Gasteiger partial charge in [-0.15, -0.1) is 0 Å². The maximum absolute atomic E-state index is 5.79. The normalized spacial score (nSPS) is 14.7. The Balaban J connectivity index is 1.72. The van der Waals surface area contributed by atoms with E-state index in [1.54, 1.807) is 11.8 Å². The third-order valence-corrected chi connectivity index (χ3v) is 4.14. The number of nitrogens with two attached hydrogens (primary N) is 1. The molecule has 0 spiro atoms. The molecule has 2 N–H and O–H groups in total. The van der Waals surface area contributed by atoms with Crippen LogP contribution in [0.5, 0.6) is 0 Å².